The van der Waals surface area contributed by atoms with E-state index in [-0.39, 0.29) is 0 Å². The average Bonchev–Trinajstić information content (AvgIpc) is 2.83. The Hall–Kier alpha value is -0.120. The number of likely N-dealkylation sites (tertiary alicyclic amines) is 1. The number of nitrogens with one attached hydrogen (secondary N) is 1. The summed E-state index contributed by atoms with van der Waals surface area (Å²) >= 11 is 0. The predicted molar refractivity (Wildman–Crippen MR) is 71.3 cm³/mol. The van der Waals surface area contributed by atoms with E-state index in [2.05, 4.69) is 17.1 Å². The van der Waals surface area contributed by atoms with Crippen molar-refractivity contribution in [2.24, 2.45) is 0 Å². The molecule has 0 radical (unpaired) electrons. The van der Waals surface area contributed by atoms with Crippen LogP contribution in [0.5, 0.6) is 0 Å². The fraction of sp³-hybridized carbons (Fsp3) is 1.00. The number of piperidine rings is 1. The van der Waals surface area contributed by atoms with E-state index in [1.165, 1.54) is 51.6 Å². The van der Waals surface area contributed by atoms with Gasteiger partial charge in [0, 0.05) is 19.2 Å². The number of rotatable bonds is 6. The summed E-state index contributed by atoms with van der Waals surface area (Å²) in [5.41, 5.74) is 0. The smallest absolute Gasteiger partial charge is 0.0599 e. The molecule has 2 aliphatic rings. The fourth-order valence-corrected chi connectivity index (χ4v) is 3.13. The van der Waals surface area contributed by atoms with Crippen molar-refractivity contribution in [3.8, 4) is 0 Å². The Bertz CT molecular complexity index is 204. The molecule has 3 heteroatoms. The first-order valence-corrected chi connectivity index (χ1v) is 7.46. The van der Waals surface area contributed by atoms with Crippen LogP contribution in [0.2, 0.25) is 0 Å². The van der Waals surface area contributed by atoms with E-state index in [1.807, 2.05) is 0 Å². The van der Waals surface area contributed by atoms with E-state index < -0.39 is 0 Å². The van der Waals surface area contributed by atoms with E-state index in [1.54, 1.807) is 0 Å². The maximum atomic E-state index is 5.94. The molecule has 0 aromatic heterocycles. The van der Waals surface area contributed by atoms with Gasteiger partial charge in [-0.25, -0.2) is 0 Å². The highest BCUT2D eigenvalue weighted by Crippen LogP contribution is 2.19. The molecule has 2 rings (SSSR count). The Balaban J connectivity index is 1.53. The standard InChI is InChI=1S/C14H28N2O/c1-2-13-5-3-10-16(13)11-4-12-17-14-6-8-15-9-7-14/h13-15H,2-12H2,1H3. The largest absolute Gasteiger partial charge is 0.378 e. The van der Waals surface area contributed by atoms with Crippen molar-refractivity contribution in [2.45, 2.75) is 57.6 Å². The molecule has 3 nitrogen and oxygen atoms in total. The summed E-state index contributed by atoms with van der Waals surface area (Å²) in [5.74, 6) is 0. The van der Waals surface area contributed by atoms with Gasteiger partial charge in [0.05, 0.1) is 6.10 Å². The molecule has 0 aliphatic carbocycles. The molecule has 0 saturated carbocycles. The molecule has 1 N–H and O–H groups in total. The van der Waals surface area contributed by atoms with Crippen LogP contribution in [0.3, 0.4) is 0 Å². The average molecular weight is 240 g/mol. The Morgan fingerprint density at radius 3 is 2.82 bits per heavy atom. The lowest BCUT2D eigenvalue weighted by molar-refractivity contribution is 0.0272. The van der Waals surface area contributed by atoms with Gasteiger partial charge in [-0.1, -0.05) is 6.92 Å². The van der Waals surface area contributed by atoms with Crippen molar-refractivity contribution >= 4 is 0 Å². The predicted octanol–water partition coefficient (Wildman–Crippen LogP) is 2.02. The lowest BCUT2D eigenvalue weighted by Crippen LogP contribution is -2.33. The van der Waals surface area contributed by atoms with Crippen LogP contribution in [0, 0.1) is 0 Å². The van der Waals surface area contributed by atoms with E-state index in [4.69, 9.17) is 4.74 Å². The lowest BCUT2D eigenvalue weighted by Gasteiger charge is -2.25. The van der Waals surface area contributed by atoms with Gasteiger partial charge in [0.1, 0.15) is 0 Å². The molecule has 0 aromatic carbocycles. The van der Waals surface area contributed by atoms with E-state index >= 15 is 0 Å². The van der Waals surface area contributed by atoms with E-state index in [0.717, 1.165) is 25.7 Å². The number of hydrogen-bond donors (Lipinski definition) is 1. The summed E-state index contributed by atoms with van der Waals surface area (Å²) in [6.07, 6.45) is 8.24. The molecule has 0 aromatic rings. The van der Waals surface area contributed by atoms with Crippen LogP contribution in [-0.4, -0.2) is 49.8 Å². The maximum absolute atomic E-state index is 5.94. The summed E-state index contributed by atoms with van der Waals surface area (Å²) in [4.78, 5) is 2.66. The van der Waals surface area contributed by atoms with Gasteiger partial charge in [-0.15, -0.1) is 0 Å². The number of ether oxygens (including phenoxy) is 1. The Labute approximate surface area is 106 Å². The SMILES string of the molecule is CCC1CCCN1CCCOC1CCNCC1. The highest BCUT2D eigenvalue weighted by Gasteiger charge is 2.22. The Kier molecular flexibility index (Phi) is 5.75. The summed E-state index contributed by atoms with van der Waals surface area (Å²) in [7, 11) is 0. The van der Waals surface area contributed by atoms with Crippen LogP contribution in [-0.2, 0) is 4.74 Å². The van der Waals surface area contributed by atoms with E-state index in [9.17, 15) is 0 Å². The van der Waals surface area contributed by atoms with Crippen molar-refractivity contribution < 1.29 is 4.74 Å². The quantitative estimate of drug-likeness (QED) is 0.719. The molecule has 2 fully saturated rings. The first-order valence-electron chi connectivity index (χ1n) is 7.46. The first-order chi connectivity index (χ1) is 8.40. The molecule has 1 unspecified atom stereocenters. The van der Waals surface area contributed by atoms with Gasteiger partial charge in [-0.3, -0.25) is 0 Å². The number of hydrogen-bond acceptors (Lipinski definition) is 3. The second-order valence-corrected chi connectivity index (χ2v) is 5.41. The Morgan fingerprint density at radius 1 is 1.24 bits per heavy atom. The van der Waals surface area contributed by atoms with Crippen molar-refractivity contribution in [3.63, 3.8) is 0 Å². The van der Waals surface area contributed by atoms with Gasteiger partial charge in [0.2, 0.25) is 0 Å². The van der Waals surface area contributed by atoms with Crippen LogP contribution in [0.15, 0.2) is 0 Å². The van der Waals surface area contributed by atoms with Gasteiger partial charge >= 0.3 is 0 Å². The van der Waals surface area contributed by atoms with Crippen molar-refractivity contribution in [1.82, 2.24) is 10.2 Å². The highest BCUT2D eigenvalue weighted by atomic mass is 16.5. The summed E-state index contributed by atoms with van der Waals surface area (Å²) in [5, 5.41) is 3.38. The maximum Gasteiger partial charge on any atom is 0.0599 e. The minimum atomic E-state index is 0.525. The number of nitrogens with zero attached hydrogens (tertiary/aromatic N) is 1. The van der Waals surface area contributed by atoms with Crippen LogP contribution in [0.4, 0.5) is 0 Å². The molecule has 0 bridgehead atoms. The van der Waals surface area contributed by atoms with Gasteiger partial charge in [0.25, 0.3) is 0 Å². The molecule has 1 atom stereocenters. The minimum Gasteiger partial charge on any atom is -0.378 e. The summed E-state index contributed by atoms with van der Waals surface area (Å²) in [6, 6.07) is 0.855. The zero-order valence-corrected chi connectivity index (χ0v) is 11.3. The molecular formula is C14H28N2O. The van der Waals surface area contributed by atoms with Gasteiger partial charge in [-0.05, 0) is 58.2 Å². The summed E-state index contributed by atoms with van der Waals surface area (Å²) in [6.45, 7) is 8.09. The van der Waals surface area contributed by atoms with Gasteiger partial charge in [0.15, 0.2) is 0 Å². The van der Waals surface area contributed by atoms with Crippen molar-refractivity contribution in [3.05, 3.63) is 0 Å². The third kappa shape index (κ3) is 4.23. The Morgan fingerprint density at radius 2 is 2.06 bits per heavy atom. The first kappa shape index (κ1) is 13.3. The minimum absolute atomic E-state index is 0.525. The molecule has 100 valence electrons. The zero-order chi connectivity index (χ0) is 11.9. The third-order valence-corrected chi connectivity index (χ3v) is 4.20. The fourth-order valence-electron chi connectivity index (χ4n) is 3.13. The molecule has 0 spiro atoms. The van der Waals surface area contributed by atoms with Crippen LogP contribution in [0.25, 0.3) is 0 Å². The van der Waals surface area contributed by atoms with Crippen molar-refractivity contribution in [2.75, 3.05) is 32.8 Å². The second kappa shape index (κ2) is 7.34. The molecule has 2 heterocycles. The van der Waals surface area contributed by atoms with Crippen LogP contribution in [0.1, 0.15) is 45.4 Å². The lowest BCUT2D eigenvalue weighted by atomic mass is 10.1. The molecule has 0 amide bonds. The molecule has 2 aliphatic heterocycles. The van der Waals surface area contributed by atoms with Gasteiger partial charge < -0.3 is 15.0 Å². The van der Waals surface area contributed by atoms with Gasteiger partial charge in [-0.2, -0.15) is 0 Å². The second-order valence-electron chi connectivity index (χ2n) is 5.41. The molecule has 2 saturated heterocycles. The van der Waals surface area contributed by atoms with E-state index in [0.29, 0.717) is 6.10 Å². The van der Waals surface area contributed by atoms with Crippen LogP contribution < -0.4 is 5.32 Å². The van der Waals surface area contributed by atoms with Crippen LogP contribution >= 0.6 is 0 Å². The topological polar surface area (TPSA) is 24.5 Å². The zero-order valence-electron chi connectivity index (χ0n) is 11.3. The molecular weight excluding hydrogens is 212 g/mol. The normalized spacial score (nSPS) is 27.7. The molecule has 17 heavy (non-hydrogen) atoms. The highest BCUT2D eigenvalue weighted by molar-refractivity contribution is 4.77. The third-order valence-electron chi connectivity index (χ3n) is 4.20. The van der Waals surface area contributed by atoms with Crippen molar-refractivity contribution in [1.29, 1.82) is 0 Å². The summed E-state index contributed by atoms with van der Waals surface area (Å²) < 4.78 is 5.94. The monoisotopic (exact) mass is 240 g/mol.